The summed E-state index contributed by atoms with van der Waals surface area (Å²) in [7, 11) is 0. The Bertz CT molecular complexity index is 1060. The highest BCUT2D eigenvalue weighted by molar-refractivity contribution is 6.06. The Morgan fingerprint density at radius 3 is 1.22 bits per heavy atom. The molecule has 5 aromatic rings. The van der Waals surface area contributed by atoms with Gasteiger partial charge in [0, 0.05) is 21.8 Å². The Labute approximate surface area is 159 Å². The van der Waals surface area contributed by atoms with Crippen molar-refractivity contribution in [2.24, 2.45) is 0 Å². The molecule has 0 spiro atoms. The zero-order valence-corrected chi connectivity index (χ0v) is 15.0. The number of para-hydroxylation sites is 2. The van der Waals surface area contributed by atoms with E-state index in [1.807, 2.05) is 36.4 Å². The van der Waals surface area contributed by atoms with Gasteiger partial charge in [0.2, 0.25) is 0 Å². The molecule has 1 nitrogen and oxygen atoms in total. The van der Waals surface area contributed by atoms with Crippen LogP contribution >= 0.6 is 0 Å². The molecule has 0 saturated carbocycles. The Morgan fingerprint density at radius 2 is 0.778 bits per heavy atom. The lowest BCUT2D eigenvalue weighted by Crippen LogP contribution is -1.70. The molecule has 0 radical (unpaired) electrons. The highest BCUT2D eigenvalue weighted by Gasteiger charge is 2.00. The number of fused-ring (bicyclic) bond motifs is 3. The summed E-state index contributed by atoms with van der Waals surface area (Å²) in [6.07, 6.45) is 4.24. The van der Waals surface area contributed by atoms with Crippen LogP contribution in [0.25, 0.3) is 34.0 Å². The summed E-state index contributed by atoms with van der Waals surface area (Å²) in [5.74, 6) is 0. The van der Waals surface area contributed by atoms with Crippen molar-refractivity contribution in [1.82, 2.24) is 4.98 Å². The van der Waals surface area contributed by atoms with Gasteiger partial charge in [0.05, 0.1) is 0 Å². The Hall–Kier alpha value is -3.58. The van der Waals surface area contributed by atoms with Crippen LogP contribution in [-0.4, -0.2) is 4.98 Å². The van der Waals surface area contributed by atoms with E-state index in [1.54, 1.807) is 0 Å². The summed E-state index contributed by atoms with van der Waals surface area (Å²) in [6.45, 7) is 0. The van der Waals surface area contributed by atoms with E-state index in [0.29, 0.717) is 0 Å². The monoisotopic (exact) mass is 347 g/mol. The molecular weight excluding hydrogens is 326 g/mol. The van der Waals surface area contributed by atoms with Crippen LogP contribution in [0.2, 0.25) is 0 Å². The summed E-state index contributed by atoms with van der Waals surface area (Å²) in [5, 5.41) is 2.61. The predicted octanol–water partition coefficient (Wildman–Crippen LogP) is 7.18. The lowest BCUT2D eigenvalue weighted by molar-refractivity contribution is 1.55. The van der Waals surface area contributed by atoms with Gasteiger partial charge in [-0.15, -0.1) is 0 Å². The maximum absolute atomic E-state index is 3.38. The molecule has 27 heavy (non-hydrogen) atoms. The molecule has 1 N–H and O–H groups in total. The van der Waals surface area contributed by atoms with Gasteiger partial charge >= 0.3 is 0 Å². The topological polar surface area (TPSA) is 15.8 Å². The second kappa shape index (κ2) is 8.20. The van der Waals surface area contributed by atoms with E-state index in [2.05, 4.69) is 89.9 Å². The van der Waals surface area contributed by atoms with Crippen LogP contribution in [0.4, 0.5) is 0 Å². The van der Waals surface area contributed by atoms with Gasteiger partial charge in [-0.25, -0.2) is 0 Å². The van der Waals surface area contributed by atoms with Gasteiger partial charge < -0.3 is 4.98 Å². The van der Waals surface area contributed by atoms with E-state index in [-0.39, 0.29) is 0 Å². The minimum Gasteiger partial charge on any atom is -0.355 e. The molecule has 0 amide bonds. The molecule has 0 fully saturated rings. The van der Waals surface area contributed by atoms with Crippen molar-refractivity contribution in [2.45, 2.75) is 0 Å². The van der Waals surface area contributed by atoms with Crippen LogP contribution in [0.1, 0.15) is 11.1 Å². The van der Waals surface area contributed by atoms with Crippen LogP contribution < -0.4 is 0 Å². The van der Waals surface area contributed by atoms with Gasteiger partial charge in [-0.2, -0.15) is 0 Å². The molecule has 0 aliphatic rings. The van der Waals surface area contributed by atoms with E-state index in [9.17, 15) is 0 Å². The molecular formula is C26H21N. The third-order valence-corrected chi connectivity index (χ3v) is 4.48. The van der Waals surface area contributed by atoms with Crippen molar-refractivity contribution in [3.8, 4) is 0 Å². The van der Waals surface area contributed by atoms with Crippen molar-refractivity contribution in [2.75, 3.05) is 0 Å². The van der Waals surface area contributed by atoms with E-state index < -0.39 is 0 Å². The lowest BCUT2D eigenvalue weighted by atomic mass is 10.1. The van der Waals surface area contributed by atoms with E-state index in [0.717, 1.165) is 0 Å². The van der Waals surface area contributed by atoms with Gasteiger partial charge in [-0.1, -0.05) is 109 Å². The number of hydrogen-bond donors (Lipinski definition) is 1. The Balaban J connectivity index is 0.000000134. The van der Waals surface area contributed by atoms with Crippen molar-refractivity contribution in [3.05, 3.63) is 120 Å². The normalized spacial score (nSPS) is 10.8. The Kier molecular flexibility index (Phi) is 5.12. The molecule has 0 atom stereocenters. The average Bonchev–Trinajstić information content (AvgIpc) is 3.13. The predicted molar refractivity (Wildman–Crippen MR) is 118 cm³/mol. The lowest BCUT2D eigenvalue weighted by Gasteiger charge is -1.92. The quantitative estimate of drug-likeness (QED) is 0.326. The molecule has 0 bridgehead atoms. The van der Waals surface area contributed by atoms with Crippen molar-refractivity contribution >= 4 is 34.0 Å². The Morgan fingerprint density at radius 1 is 0.407 bits per heavy atom. The average molecular weight is 347 g/mol. The van der Waals surface area contributed by atoms with E-state index >= 15 is 0 Å². The number of H-pyrrole nitrogens is 1. The minimum atomic E-state index is 1.21. The van der Waals surface area contributed by atoms with Gasteiger partial charge in [-0.3, -0.25) is 0 Å². The molecule has 0 aliphatic heterocycles. The number of aromatic nitrogens is 1. The SMILES string of the molecule is C(=Cc1ccccc1)c1ccccc1.c1ccc2c(c1)[nH]c1ccccc12. The van der Waals surface area contributed by atoms with Gasteiger partial charge in [-0.05, 0) is 23.3 Å². The van der Waals surface area contributed by atoms with Gasteiger partial charge in [0.1, 0.15) is 0 Å². The molecule has 0 unspecified atom stereocenters. The van der Waals surface area contributed by atoms with Gasteiger partial charge in [0.25, 0.3) is 0 Å². The first-order chi connectivity index (χ1) is 13.4. The van der Waals surface area contributed by atoms with Crippen molar-refractivity contribution in [3.63, 3.8) is 0 Å². The number of hydrogen-bond acceptors (Lipinski definition) is 0. The summed E-state index contributed by atoms with van der Waals surface area (Å²) in [4.78, 5) is 3.38. The van der Waals surface area contributed by atoms with Crippen LogP contribution in [0.3, 0.4) is 0 Å². The zero-order chi connectivity index (χ0) is 18.3. The molecule has 1 heteroatoms. The number of nitrogens with one attached hydrogen (secondary N) is 1. The fourth-order valence-electron chi connectivity index (χ4n) is 3.12. The van der Waals surface area contributed by atoms with E-state index in [4.69, 9.17) is 0 Å². The maximum atomic E-state index is 3.38. The summed E-state index contributed by atoms with van der Waals surface area (Å²) in [6, 6.07) is 37.4. The summed E-state index contributed by atoms with van der Waals surface area (Å²) >= 11 is 0. The fourth-order valence-corrected chi connectivity index (χ4v) is 3.12. The third kappa shape index (κ3) is 4.16. The summed E-state index contributed by atoms with van der Waals surface area (Å²) < 4.78 is 0. The first-order valence-electron chi connectivity index (χ1n) is 9.14. The molecule has 130 valence electrons. The standard InChI is InChI=1S/C14H12.C12H9N/c1-3-7-13(8-4-1)11-12-14-9-5-2-6-10-14;1-3-7-11-9(5-1)10-6-2-4-8-12(10)13-11/h1-12H;1-8,13H. The first kappa shape index (κ1) is 16.9. The van der Waals surface area contributed by atoms with Crippen molar-refractivity contribution < 1.29 is 0 Å². The molecule has 1 heterocycles. The maximum Gasteiger partial charge on any atom is 0.0464 e. The van der Waals surface area contributed by atoms with E-state index in [1.165, 1.54) is 32.9 Å². The third-order valence-electron chi connectivity index (χ3n) is 4.48. The van der Waals surface area contributed by atoms with Gasteiger partial charge in [0.15, 0.2) is 0 Å². The zero-order valence-electron chi connectivity index (χ0n) is 15.0. The van der Waals surface area contributed by atoms with Crippen LogP contribution in [0.5, 0.6) is 0 Å². The van der Waals surface area contributed by atoms with Crippen molar-refractivity contribution in [1.29, 1.82) is 0 Å². The second-order valence-electron chi connectivity index (χ2n) is 6.37. The highest BCUT2D eigenvalue weighted by Crippen LogP contribution is 2.24. The number of aromatic amines is 1. The molecule has 1 aromatic heterocycles. The second-order valence-corrected chi connectivity index (χ2v) is 6.37. The highest BCUT2D eigenvalue weighted by atomic mass is 14.7. The largest absolute Gasteiger partial charge is 0.355 e. The number of rotatable bonds is 2. The molecule has 0 aliphatic carbocycles. The molecule has 5 rings (SSSR count). The number of benzene rings is 4. The molecule has 0 saturated heterocycles. The first-order valence-corrected chi connectivity index (χ1v) is 9.14. The van der Waals surface area contributed by atoms with Crippen LogP contribution in [0.15, 0.2) is 109 Å². The smallest absolute Gasteiger partial charge is 0.0464 e. The fraction of sp³-hybridized carbons (Fsp3) is 0. The van der Waals surface area contributed by atoms with Crippen LogP contribution in [0, 0.1) is 0 Å². The molecule has 4 aromatic carbocycles. The van der Waals surface area contributed by atoms with Crippen LogP contribution in [-0.2, 0) is 0 Å². The minimum absolute atomic E-state index is 1.21. The summed E-state index contributed by atoms with van der Waals surface area (Å²) in [5.41, 5.74) is 4.89.